The first-order chi connectivity index (χ1) is 8.56. The SMILES string of the molecule is CNC1C(=O)Nc2cc(SC(C)CO)c(Cl)cc21. The van der Waals surface area contributed by atoms with Gasteiger partial charge in [0.2, 0.25) is 5.91 Å². The third kappa shape index (κ3) is 2.49. The second-order valence-corrected chi connectivity index (χ2v) is 6.08. The van der Waals surface area contributed by atoms with E-state index in [0.29, 0.717) is 5.02 Å². The fourth-order valence-corrected chi connectivity index (χ4v) is 3.06. The highest BCUT2D eigenvalue weighted by Gasteiger charge is 2.30. The molecule has 0 saturated carbocycles. The molecule has 2 rings (SSSR count). The highest BCUT2D eigenvalue weighted by molar-refractivity contribution is 8.00. The van der Waals surface area contributed by atoms with Crippen LogP contribution >= 0.6 is 23.4 Å². The van der Waals surface area contributed by atoms with Crippen LogP contribution in [0.4, 0.5) is 5.69 Å². The van der Waals surface area contributed by atoms with Crippen molar-refractivity contribution < 1.29 is 9.90 Å². The van der Waals surface area contributed by atoms with Crippen LogP contribution in [0.25, 0.3) is 0 Å². The van der Waals surface area contributed by atoms with Crippen LogP contribution in [0.5, 0.6) is 0 Å². The third-order valence-electron chi connectivity index (χ3n) is 2.81. The number of hydrogen-bond acceptors (Lipinski definition) is 4. The standard InChI is InChI=1S/C12H15ClN2O2S/c1-6(5-16)18-10-4-9-7(3-8(10)13)11(14-2)12(17)15-9/h3-4,6,11,14,16H,5H2,1-2H3,(H,15,17). The van der Waals surface area contributed by atoms with Crippen LogP contribution in [0.3, 0.4) is 0 Å². The molecule has 0 aromatic heterocycles. The zero-order valence-electron chi connectivity index (χ0n) is 10.2. The number of likely N-dealkylation sites (N-methyl/N-ethyl adjacent to an activating group) is 1. The van der Waals surface area contributed by atoms with Crippen molar-refractivity contribution >= 4 is 35.0 Å². The average Bonchev–Trinajstić information content (AvgIpc) is 2.64. The van der Waals surface area contributed by atoms with Gasteiger partial charge in [-0.1, -0.05) is 18.5 Å². The first kappa shape index (κ1) is 13.7. The van der Waals surface area contributed by atoms with Crippen LogP contribution < -0.4 is 10.6 Å². The number of aliphatic hydroxyl groups excluding tert-OH is 1. The van der Waals surface area contributed by atoms with Crippen molar-refractivity contribution in [1.82, 2.24) is 5.32 Å². The number of carbonyl (C=O) groups excluding carboxylic acids is 1. The quantitative estimate of drug-likeness (QED) is 0.741. The molecule has 0 fully saturated rings. The maximum atomic E-state index is 11.7. The van der Waals surface area contributed by atoms with E-state index in [1.165, 1.54) is 11.8 Å². The van der Waals surface area contributed by atoms with E-state index < -0.39 is 0 Å². The number of fused-ring (bicyclic) bond motifs is 1. The third-order valence-corrected chi connectivity index (χ3v) is 4.38. The number of amides is 1. The molecular weight excluding hydrogens is 272 g/mol. The van der Waals surface area contributed by atoms with Crippen molar-refractivity contribution in [3.05, 3.63) is 22.7 Å². The molecule has 2 unspecified atom stereocenters. The van der Waals surface area contributed by atoms with Gasteiger partial charge in [0.1, 0.15) is 6.04 Å². The van der Waals surface area contributed by atoms with E-state index in [1.807, 2.05) is 19.1 Å². The second-order valence-electron chi connectivity index (χ2n) is 4.19. The number of thioether (sulfide) groups is 1. The molecule has 18 heavy (non-hydrogen) atoms. The van der Waals surface area contributed by atoms with E-state index in [1.54, 1.807) is 7.05 Å². The molecule has 0 spiro atoms. The smallest absolute Gasteiger partial charge is 0.246 e. The molecule has 4 nitrogen and oxygen atoms in total. The predicted molar refractivity (Wildman–Crippen MR) is 74.3 cm³/mol. The van der Waals surface area contributed by atoms with E-state index in [9.17, 15) is 4.79 Å². The number of aliphatic hydroxyl groups is 1. The minimum atomic E-state index is -0.341. The van der Waals surface area contributed by atoms with Crippen LogP contribution in [0, 0.1) is 0 Å². The number of hydrogen-bond donors (Lipinski definition) is 3. The average molecular weight is 287 g/mol. The lowest BCUT2D eigenvalue weighted by Crippen LogP contribution is -2.23. The Balaban J connectivity index is 2.33. The monoisotopic (exact) mass is 286 g/mol. The lowest BCUT2D eigenvalue weighted by atomic mass is 10.1. The zero-order valence-corrected chi connectivity index (χ0v) is 11.7. The first-order valence-electron chi connectivity index (χ1n) is 5.66. The lowest BCUT2D eigenvalue weighted by Gasteiger charge is -2.12. The minimum Gasteiger partial charge on any atom is -0.395 e. The Hall–Kier alpha value is -0.750. The van der Waals surface area contributed by atoms with Gasteiger partial charge in [-0.15, -0.1) is 11.8 Å². The van der Waals surface area contributed by atoms with Gasteiger partial charge in [0, 0.05) is 21.4 Å². The fourth-order valence-electron chi connectivity index (χ4n) is 1.89. The summed E-state index contributed by atoms with van der Waals surface area (Å²) in [4.78, 5) is 12.6. The van der Waals surface area contributed by atoms with Crippen molar-refractivity contribution in [1.29, 1.82) is 0 Å². The van der Waals surface area contributed by atoms with Gasteiger partial charge in [-0.3, -0.25) is 4.79 Å². The molecule has 1 amide bonds. The second kappa shape index (κ2) is 5.48. The van der Waals surface area contributed by atoms with E-state index in [-0.39, 0.29) is 23.8 Å². The molecule has 0 aliphatic carbocycles. The van der Waals surface area contributed by atoms with Crippen molar-refractivity contribution in [2.45, 2.75) is 23.1 Å². The van der Waals surface area contributed by atoms with Gasteiger partial charge in [-0.05, 0) is 19.2 Å². The Morgan fingerprint density at radius 3 is 2.94 bits per heavy atom. The molecule has 0 saturated heterocycles. The fraction of sp³-hybridized carbons (Fsp3) is 0.417. The highest BCUT2D eigenvalue weighted by atomic mass is 35.5. The zero-order chi connectivity index (χ0) is 13.3. The maximum Gasteiger partial charge on any atom is 0.246 e. The largest absolute Gasteiger partial charge is 0.395 e. The molecule has 98 valence electrons. The van der Waals surface area contributed by atoms with Crippen molar-refractivity contribution in [3.8, 4) is 0 Å². The first-order valence-corrected chi connectivity index (χ1v) is 6.91. The highest BCUT2D eigenvalue weighted by Crippen LogP contribution is 2.39. The van der Waals surface area contributed by atoms with Gasteiger partial charge >= 0.3 is 0 Å². The van der Waals surface area contributed by atoms with Gasteiger partial charge in [0.25, 0.3) is 0 Å². The van der Waals surface area contributed by atoms with Gasteiger partial charge in [0.15, 0.2) is 0 Å². The van der Waals surface area contributed by atoms with Gasteiger partial charge in [-0.25, -0.2) is 0 Å². The number of benzene rings is 1. The molecule has 2 atom stereocenters. The summed E-state index contributed by atoms with van der Waals surface area (Å²) < 4.78 is 0. The lowest BCUT2D eigenvalue weighted by molar-refractivity contribution is -0.117. The molecular formula is C12H15ClN2O2S. The van der Waals surface area contributed by atoms with Gasteiger partial charge in [0.05, 0.1) is 11.6 Å². The molecule has 0 bridgehead atoms. The van der Waals surface area contributed by atoms with Crippen molar-refractivity contribution in [3.63, 3.8) is 0 Å². The molecule has 6 heteroatoms. The normalized spacial score (nSPS) is 19.6. The Morgan fingerprint density at radius 1 is 1.61 bits per heavy atom. The maximum absolute atomic E-state index is 11.7. The number of anilines is 1. The summed E-state index contributed by atoms with van der Waals surface area (Å²) in [6, 6.07) is 3.33. The van der Waals surface area contributed by atoms with Crippen molar-refractivity contribution in [2.75, 3.05) is 19.0 Å². The van der Waals surface area contributed by atoms with E-state index in [2.05, 4.69) is 10.6 Å². The Morgan fingerprint density at radius 2 is 2.33 bits per heavy atom. The van der Waals surface area contributed by atoms with E-state index >= 15 is 0 Å². The van der Waals surface area contributed by atoms with Crippen LogP contribution in [0.2, 0.25) is 5.02 Å². The summed E-state index contributed by atoms with van der Waals surface area (Å²) in [6.07, 6.45) is 0. The van der Waals surface area contributed by atoms with Crippen LogP contribution in [-0.2, 0) is 4.79 Å². The summed E-state index contributed by atoms with van der Waals surface area (Å²) in [6.45, 7) is 2.01. The topological polar surface area (TPSA) is 61.4 Å². The molecule has 1 aliphatic rings. The summed E-state index contributed by atoms with van der Waals surface area (Å²) in [7, 11) is 1.74. The van der Waals surface area contributed by atoms with Crippen LogP contribution in [0.1, 0.15) is 18.5 Å². The Kier molecular flexibility index (Phi) is 4.17. The van der Waals surface area contributed by atoms with E-state index in [0.717, 1.165) is 16.1 Å². The van der Waals surface area contributed by atoms with Gasteiger partial charge in [-0.2, -0.15) is 0 Å². The number of nitrogens with one attached hydrogen (secondary N) is 2. The summed E-state index contributed by atoms with van der Waals surface area (Å²) >= 11 is 7.70. The number of rotatable bonds is 4. The van der Waals surface area contributed by atoms with Crippen molar-refractivity contribution in [2.24, 2.45) is 0 Å². The Labute approximate surface area is 115 Å². The minimum absolute atomic E-state index is 0.0674. The molecule has 1 aliphatic heterocycles. The summed E-state index contributed by atoms with van der Waals surface area (Å²) in [5, 5.41) is 15.5. The number of halogens is 1. The van der Waals surface area contributed by atoms with Crippen LogP contribution in [0.15, 0.2) is 17.0 Å². The molecule has 1 aromatic carbocycles. The van der Waals surface area contributed by atoms with Gasteiger partial charge < -0.3 is 15.7 Å². The summed E-state index contributed by atoms with van der Waals surface area (Å²) in [5.41, 5.74) is 1.66. The molecule has 0 radical (unpaired) electrons. The molecule has 1 heterocycles. The predicted octanol–water partition coefficient (Wildman–Crippen LogP) is 2.03. The van der Waals surface area contributed by atoms with Crippen LogP contribution in [-0.4, -0.2) is 29.9 Å². The van der Waals surface area contributed by atoms with E-state index in [4.69, 9.17) is 16.7 Å². The molecule has 3 N–H and O–H groups in total. The Bertz CT molecular complexity index is 481. The number of carbonyl (C=O) groups is 1. The molecule has 1 aromatic rings. The summed E-state index contributed by atoms with van der Waals surface area (Å²) in [5.74, 6) is -0.0686.